The third-order valence-corrected chi connectivity index (χ3v) is 1.43. The van der Waals surface area contributed by atoms with E-state index >= 15 is 0 Å². The molecule has 4 heteroatoms. The van der Waals surface area contributed by atoms with E-state index in [1.54, 1.807) is 12.1 Å². The van der Waals surface area contributed by atoms with Gasteiger partial charge in [-0.15, -0.1) is 0 Å². The lowest BCUT2D eigenvalue weighted by atomic mass is 10.3. The van der Waals surface area contributed by atoms with Crippen LogP contribution in [-0.4, -0.2) is 4.98 Å². The van der Waals surface area contributed by atoms with E-state index in [1.807, 2.05) is 0 Å². The second-order valence-electron chi connectivity index (χ2n) is 1.80. The quantitative estimate of drug-likeness (QED) is 0.664. The highest BCUT2D eigenvalue weighted by molar-refractivity contribution is 6.33. The van der Waals surface area contributed by atoms with Crippen molar-refractivity contribution >= 4 is 23.2 Å². The predicted molar refractivity (Wildman–Crippen MR) is 42.1 cm³/mol. The summed E-state index contributed by atoms with van der Waals surface area (Å²) in [6.07, 6.45) is 0. The molecule has 2 N–H and O–H groups in total. The minimum atomic E-state index is 0.361. The van der Waals surface area contributed by atoms with Crippen molar-refractivity contribution in [1.82, 2.24) is 4.98 Å². The lowest BCUT2D eigenvalue weighted by Gasteiger charge is -1.96. The van der Waals surface area contributed by atoms with Gasteiger partial charge in [0.1, 0.15) is 5.15 Å². The first-order valence-corrected chi connectivity index (χ1v) is 3.50. The van der Waals surface area contributed by atoms with Crippen molar-refractivity contribution in [1.29, 1.82) is 0 Å². The number of hydrogen-bond acceptors (Lipinski definition) is 2. The topological polar surface area (TPSA) is 38.9 Å². The Bertz CT molecular complexity index is 217. The van der Waals surface area contributed by atoms with Crippen LogP contribution in [0.3, 0.4) is 0 Å². The summed E-state index contributed by atoms with van der Waals surface area (Å²) in [7, 11) is 0. The van der Waals surface area contributed by atoms with Crippen LogP contribution in [0.1, 0.15) is 5.69 Å². The van der Waals surface area contributed by atoms with Gasteiger partial charge < -0.3 is 5.73 Å². The zero-order valence-electron chi connectivity index (χ0n) is 5.14. The molecule has 0 bridgehead atoms. The number of pyridine rings is 1. The van der Waals surface area contributed by atoms with Crippen LogP contribution in [-0.2, 0) is 6.54 Å². The Kier molecular flexibility index (Phi) is 2.49. The zero-order chi connectivity index (χ0) is 7.56. The molecule has 0 aliphatic carbocycles. The van der Waals surface area contributed by atoms with Gasteiger partial charge in [-0.25, -0.2) is 4.98 Å². The Labute approximate surface area is 69.0 Å². The molecule has 0 amide bonds. The number of halogens is 2. The molecule has 2 nitrogen and oxygen atoms in total. The van der Waals surface area contributed by atoms with Crippen molar-refractivity contribution in [2.45, 2.75) is 6.54 Å². The van der Waals surface area contributed by atoms with Crippen LogP contribution >= 0.6 is 23.2 Å². The summed E-state index contributed by atoms with van der Waals surface area (Å²) in [5.74, 6) is 0. The molecule has 0 unspecified atom stereocenters. The van der Waals surface area contributed by atoms with Crippen LogP contribution in [0.5, 0.6) is 0 Å². The van der Waals surface area contributed by atoms with Crippen molar-refractivity contribution in [3.8, 4) is 0 Å². The van der Waals surface area contributed by atoms with Crippen molar-refractivity contribution in [2.75, 3.05) is 0 Å². The zero-order valence-corrected chi connectivity index (χ0v) is 6.65. The van der Waals surface area contributed by atoms with E-state index in [-0.39, 0.29) is 0 Å². The Balaban J connectivity index is 3.06. The maximum Gasteiger partial charge on any atom is 0.130 e. The van der Waals surface area contributed by atoms with Gasteiger partial charge in [-0.1, -0.05) is 23.2 Å². The van der Waals surface area contributed by atoms with E-state index in [4.69, 9.17) is 28.9 Å². The average Bonchev–Trinajstić information content (AvgIpc) is 1.85. The lowest BCUT2D eigenvalue weighted by Crippen LogP contribution is -1.98. The van der Waals surface area contributed by atoms with Crippen molar-refractivity contribution in [2.24, 2.45) is 5.73 Å². The first-order valence-electron chi connectivity index (χ1n) is 2.74. The molecule has 0 aromatic carbocycles. The molecule has 10 heavy (non-hydrogen) atoms. The third-order valence-electron chi connectivity index (χ3n) is 1.02. The van der Waals surface area contributed by atoms with Gasteiger partial charge in [-0.05, 0) is 12.1 Å². The van der Waals surface area contributed by atoms with Gasteiger partial charge in [0.2, 0.25) is 0 Å². The van der Waals surface area contributed by atoms with Crippen LogP contribution in [0.2, 0.25) is 10.2 Å². The Hall–Kier alpha value is -0.310. The molecule has 1 heterocycles. The molecule has 0 aliphatic heterocycles. The van der Waals surface area contributed by atoms with Gasteiger partial charge in [-0.2, -0.15) is 0 Å². The molecule has 0 saturated carbocycles. The fourth-order valence-electron chi connectivity index (χ4n) is 0.621. The molecule has 54 valence electrons. The average molecular weight is 177 g/mol. The van der Waals surface area contributed by atoms with Crippen molar-refractivity contribution in [3.05, 3.63) is 28.0 Å². The summed E-state index contributed by atoms with van der Waals surface area (Å²) in [6.45, 7) is 0.361. The molecule has 1 rings (SSSR count). The van der Waals surface area contributed by atoms with E-state index in [9.17, 15) is 0 Å². The minimum absolute atomic E-state index is 0.361. The SMILES string of the molecule is NCc1cc(Cl)cc(Cl)n1. The molecule has 0 radical (unpaired) electrons. The molecule has 1 aromatic heterocycles. The fourth-order valence-corrected chi connectivity index (χ4v) is 1.13. The standard InChI is InChI=1S/C6H6Cl2N2/c7-4-1-5(3-9)10-6(8)2-4/h1-2H,3,9H2. The number of rotatable bonds is 1. The van der Waals surface area contributed by atoms with E-state index in [1.165, 1.54) is 0 Å². The maximum absolute atomic E-state index is 5.65. The van der Waals surface area contributed by atoms with Gasteiger partial charge in [-0.3, -0.25) is 0 Å². The van der Waals surface area contributed by atoms with Gasteiger partial charge in [0.15, 0.2) is 0 Å². The van der Waals surface area contributed by atoms with E-state index < -0.39 is 0 Å². The second kappa shape index (κ2) is 3.19. The highest BCUT2D eigenvalue weighted by atomic mass is 35.5. The Morgan fingerprint density at radius 3 is 2.60 bits per heavy atom. The van der Waals surface area contributed by atoms with E-state index in [2.05, 4.69) is 4.98 Å². The third kappa shape index (κ3) is 1.84. The molecule has 1 aromatic rings. The monoisotopic (exact) mass is 176 g/mol. The first kappa shape index (κ1) is 7.79. The lowest BCUT2D eigenvalue weighted by molar-refractivity contribution is 0.991. The number of aromatic nitrogens is 1. The molecule has 0 atom stereocenters. The highest BCUT2D eigenvalue weighted by Gasteiger charge is 1.95. The minimum Gasteiger partial charge on any atom is -0.325 e. The number of hydrogen-bond donors (Lipinski definition) is 1. The van der Waals surface area contributed by atoms with Crippen LogP contribution in [0, 0.1) is 0 Å². The van der Waals surface area contributed by atoms with Crippen LogP contribution < -0.4 is 5.73 Å². The predicted octanol–water partition coefficient (Wildman–Crippen LogP) is 1.85. The maximum atomic E-state index is 5.65. The largest absolute Gasteiger partial charge is 0.325 e. The normalized spacial score (nSPS) is 9.90. The van der Waals surface area contributed by atoms with Crippen LogP contribution in [0.25, 0.3) is 0 Å². The van der Waals surface area contributed by atoms with Crippen molar-refractivity contribution < 1.29 is 0 Å². The second-order valence-corrected chi connectivity index (χ2v) is 2.63. The van der Waals surface area contributed by atoms with E-state index in [0.29, 0.717) is 22.4 Å². The van der Waals surface area contributed by atoms with Gasteiger partial charge >= 0.3 is 0 Å². The summed E-state index contributed by atoms with van der Waals surface area (Å²) in [4.78, 5) is 3.91. The molecule has 0 fully saturated rings. The number of nitrogens with two attached hydrogens (primary N) is 1. The Morgan fingerprint density at radius 2 is 2.10 bits per heavy atom. The summed E-state index contributed by atoms with van der Waals surface area (Å²) < 4.78 is 0. The molecule has 0 aliphatic rings. The summed E-state index contributed by atoms with van der Waals surface area (Å²) >= 11 is 11.2. The van der Waals surface area contributed by atoms with Crippen molar-refractivity contribution in [3.63, 3.8) is 0 Å². The number of nitrogens with zero attached hydrogens (tertiary/aromatic N) is 1. The van der Waals surface area contributed by atoms with Gasteiger partial charge in [0.25, 0.3) is 0 Å². The Morgan fingerprint density at radius 1 is 1.40 bits per heavy atom. The molecular formula is C6H6Cl2N2. The summed E-state index contributed by atoms with van der Waals surface area (Å²) in [6, 6.07) is 3.26. The fraction of sp³-hybridized carbons (Fsp3) is 0.167. The first-order chi connectivity index (χ1) is 4.72. The van der Waals surface area contributed by atoms with Gasteiger partial charge in [0.05, 0.1) is 5.69 Å². The molecule has 0 saturated heterocycles. The molecular weight excluding hydrogens is 171 g/mol. The van der Waals surface area contributed by atoms with Crippen LogP contribution in [0.4, 0.5) is 0 Å². The molecule has 0 spiro atoms. The van der Waals surface area contributed by atoms with Crippen LogP contribution in [0.15, 0.2) is 12.1 Å². The van der Waals surface area contributed by atoms with Gasteiger partial charge in [0, 0.05) is 11.6 Å². The summed E-state index contributed by atoms with van der Waals surface area (Å²) in [5.41, 5.74) is 6.01. The highest BCUT2D eigenvalue weighted by Crippen LogP contribution is 2.14. The summed E-state index contributed by atoms with van der Waals surface area (Å²) in [5, 5.41) is 0.952. The smallest absolute Gasteiger partial charge is 0.130 e. The van der Waals surface area contributed by atoms with E-state index in [0.717, 1.165) is 0 Å².